The highest BCUT2D eigenvalue weighted by Gasteiger charge is 2.24. The van der Waals surface area contributed by atoms with Gasteiger partial charge in [0.1, 0.15) is 0 Å². The molecular formula is C32H20N2O2S2. The van der Waals surface area contributed by atoms with Gasteiger partial charge in [0, 0.05) is 32.3 Å². The molecule has 4 nitrogen and oxygen atoms in total. The van der Waals surface area contributed by atoms with Gasteiger partial charge < -0.3 is 19.3 Å². The van der Waals surface area contributed by atoms with Crippen LogP contribution in [0.25, 0.3) is 64.7 Å². The Morgan fingerprint density at radius 1 is 0.421 bits per heavy atom. The summed E-state index contributed by atoms with van der Waals surface area (Å²) in [7, 11) is 0. The Bertz CT molecular complexity index is 1910. The molecule has 8 aromatic rings. The Morgan fingerprint density at radius 3 is 1.03 bits per heavy atom. The second kappa shape index (κ2) is 7.99. The fraction of sp³-hybridized carbons (Fsp3) is 0. The number of hydrogen-bond acceptors (Lipinski definition) is 4. The first-order valence-electron chi connectivity index (χ1n) is 12.3. The van der Waals surface area contributed by atoms with Gasteiger partial charge in [-0.3, -0.25) is 0 Å². The Kier molecular flexibility index (Phi) is 4.53. The van der Waals surface area contributed by atoms with Crippen LogP contribution in [0, 0.1) is 0 Å². The predicted octanol–water partition coefficient (Wildman–Crippen LogP) is 9.08. The van der Waals surface area contributed by atoms with Crippen LogP contribution in [0.3, 0.4) is 0 Å². The first-order chi connectivity index (χ1) is 18.7. The zero-order valence-electron chi connectivity index (χ0n) is 20.0. The van der Waals surface area contributed by atoms with Crippen LogP contribution in [0.1, 0.15) is 0 Å². The van der Waals surface area contributed by atoms with Crippen LogP contribution in [0.15, 0.2) is 108 Å². The molecule has 4 aromatic carbocycles. The third kappa shape index (κ3) is 2.84. The van der Waals surface area contributed by atoms with E-state index in [1.165, 1.54) is 22.7 Å². The molecule has 0 amide bonds. The molecule has 0 saturated carbocycles. The van der Waals surface area contributed by atoms with Gasteiger partial charge in [-0.1, -0.05) is 72.8 Å². The molecule has 4 aromatic heterocycles. The number of aromatic nitrogens is 2. The van der Waals surface area contributed by atoms with Gasteiger partial charge in [0.15, 0.2) is 11.5 Å². The number of para-hydroxylation sites is 4. The van der Waals surface area contributed by atoms with Crippen molar-refractivity contribution in [2.24, 2.45) is 0 Å². The van der Waals surface area contributed by atoms with E-state index in [0.717, 1.165) is 43.6 Å². The number of aromatic hydroxyl groups is 2. The molecule has 0 unspecified atom stereocenters. The number of fused-ring (bicyclic) bond motifs is 6. The molecule has 6 heteroatoms. The van der Waals surface area contributed by atoms with E-state index in [9.17, 15) is 10.2 Å². The minimum atomic E-state index is 0.174. The van der Waals surface area contributed by atoms with Gasteiger partial charge in [-0.05, 0) is 24.3 Å². The van der Waals surface area contributed by atoms with E-state index in [2.05, 4.69) is 57.7 Å². The zero-order chi connectivity index (χ0) is 25.4. The summed E-state index contributed by atoms with van der Waals surface area (Å²) in [5.74, 6) is 0.347. The summed E-state index contributed by atoms with van der Waals surface area (Å²) in [4.78, 5) is 1.33. The lowest BCUT2D eigenvalue weighted by atomic mass is 10.2. The number of hydrogen-bond donors (Lipinski definition) is 2. The molecule has 0 aliphatic heterocycles. The van der Waals surface area contributed by atoms with E-state index < -0.39 is 0 Å². The Balaban J connectivity index is 1.33. The van der Waals surface area contributed by atoms with Crippen molar-refractivity contribution in [3.63, 3.8) is 0 Å². The van der Waals surface area contributed by atoms with Crippen molar-refractivity contribution in [3.05, 3.63) is 108 Å². The molecule has 182 valence electrons. The second-order valence-corrected chi connectivity index (χ2v) is 11.1. The first-order valence-corrected chi connectivity index (χ1v) is 14.1. The zero-order valence-corrected chi connectivity index (χ0v) is 21.6. The summed E-state index contributed by atoms with van der Waals surface area (Å²) in [5.41, 5.74) is 5.58. The lowest BCUT2D eigenvalue weighted by Gasteiger charge is -2.08. The van der Waals surface area contributed by atoms with Crippen LogP contribution in [-0.2, 0) is 0 Å². The van der Waals surface area contributed by atoms with Gasteiger partial charge in [0.2, 0.25) is 0 Å². The summed E-state index contributed by atoms with van der Waals surface area (Å²) in [6.07, 6.45) is 0. The molecule has 8 rings (SSSR count). The average molecular weight is 529 g/mol. The molecule has 0 radical (unpaired) electrons. The molecule has 4 heterocycles. The van der Waals surface area contributed by atoms with Crippen molar-refractivity contribution in [1.82, 2.24) is 9.13 Å². The van der Waals surface area contributed by atoms with E-state index >= 15 is 0 Å². The fourth-order valence-electron chi connectivity index (χ4n) is 5.69. The van der Waals surface area contributed by atoms with Gasteiger partial charge in [0.25, 0.3) is 0 Å². The maximum absolute atomic E-state index is 11.6. The van der Waals surface area contributed by atoms with Crippen LogP contribution in [-0.4, -0.2) is 19.3 Å². The van der Waals surface area contributed by atoms with Crippen LogP contribution in [0.4, 0.5) is 0 Å². The number of nitrogens with zero attached hydrogens (tertiary/aromatic N) is 2. The molecule has 0 fully saturated rings. The highest BCUT2D eigenvalue weighted by atomic mass is 32.1. The SMILES string of the molecule is Oc1c(-n2c3ccccc3c3ccccc32)csc1-c1scc(-n2c3ccccc3c3ccccc32)c1O. The van der Waals surface area contributed by atoms with Crippen LogP contribution >= 0.6 is 22.7 Å². The summed E-state index contributed by atoms with van der Waals surface area (Å²) >= 11 is 2.89. The van der Waals surface area contributed by atoms with Crippen LogP contribution < -0.4 is 0 Å². The van der Waals surface area contributed by atoms with E-state index in [0.29, 0.717) is 21.1 Å². The molecule has 0 atom stereocenters. The predicted molar refractivity (Wildman–Crippen MR) is 160 cm³/mol. The second-order valence-electron chi connectivity index (χ2n) is 9.34. The molecule has 0 spiro atoms. The molecule has 38 heavy (non-hydrogen) atoms. The maximum atomic E-state index is 11.6. The first kappa shape index (κ1) is 21.6. The van der Waals surface area contributed by atoms with Crippen molar-refractivity contribution < 1.29 is 10.2 Å². The van der Waals surface area contributed by atoms with Crippen molar-refractivity contribution >= 4 is 66.3 Å². The monoisotopic (exact) mass is 528 g/mol. The van der Waals surface area contributed by atoms with E-state index in [4.69, 9.17) is 0 Å². The van der Waals surface area contributed by atoms with E-state index in [-0.39, 0.29) is 11.5 Å². The quantitative estimate of drug-likeness (QED) is 0.240. The smallest absolute Gasteiger partial charge is 0.159 e. The summed E-state index contributed by atoms with van der Waals surface area (Å²) in [6.45, 7) is 0. The Hall–Kier alpha value is -4.52. The third-order valence-corrected chi connectivity index (χ3v) is 9.42. The Morgan fingerprint density at radius 2 is 0.711 bits per heavy atom. The number of thiophene rings is 2. The average Bonchev–Trinajstić information content (AvgIpc) is 3.69. The summed E-state index contributed by atoms with van der Waals surface area (Å²) < 4.78 is 4.22. The third-order valence-electron chi connectivity index (χ3n) is 7.34. The van der Waals surface area contributed by atoms with Crippen molar-refractivity contribution in [3.8, 4) is 32.6 Å². The summed E-state index contributed by atoms with van der Waals surface area (Å²) in [5, 5.41) is 31.6. The van der Waals surface area contributed by atoms with E-state index in [1.807, 2.05) is 59.3 Å². The molecule has 0 aliphatic rings. The summed E-state index contributed by atoms with van der Waals surface area (Å²) in [6, 6.07) is 33.0. The van der Waals surface area contributed by atoms with Gasteiger partial charge in [-0.15, -0.1) is 22.7 Å². The van der Waals surface area contributed by atoms with Crippen LogP contribution in [0.5, 0.6) is 11.5 Å². The molecule has 0 bridgehead atoms. The van der Waals surface area contributed by atoms with Crippen LogP contribution in [0.2, 0.25) is 0 Å². The topological polar surface area (TPSA) is 50.3 Å². The Labute approximate surface area is 225 Å². The highest BCUT2D eigenvalue weighted by Crippen LogP contribution is 2.51. The minimum absolute atomic E-state index is 0.174. The number of rotatable bonds is 3. The van der Waals surface area contributed by atoms with Crippen molar-refractivity contribution in [2.45, 2.75) is 0 Å². The van der Waals surface area contributed by atoms with E-state index in [1.54, 1.807) is 0 Å². The largest absolute Gasteiger partial charge is 0.504 e. The van der Waals surface area contributed by atoms with Gasteiger partial charge in [-0.2, -0.15) is 0 Å². The number of benzene rings is 4. The van der Waals surface area contributed by atoms with Crippen molar-refractivity contribution in [1.29, 1.82) is 0 Å². The van der Waals surface area contributed by atoms with Crippen molar-refractivity contribution in [2.75, 3.05) is 0 Å². The van der Waals surface area contributed by atoms with Gasteiger partial charge >= 0.3 is 0 Å². The lowest BCUT2D eigenvalue weighted by molar-refractivity contribution is 0.470. The molecular weight excluding hydrogens is 508 g/mol. The standard InChI is InChI=1S/C32H20N2O2S2/c35-29-27(33-23-13-5-1-9-19(23)20-10-2-6-14-24(20)33)17-37-31(29)32-30(36)28(18-38-32)34-25-15-7-3-11-21(25)22-12-4-8-16-26(22)34/h1-18,35-36H. The molecule has 2 N–H and O–H groups in total. The lowest BCUT2D eigenvalue weighted by Crippen LogP contribution is -1.92. The molecule has 0 saturated heterocycles. The molecule has 0 aliphatic carbocycles. The highest BCUT2D eigenvalue weighted by molar-refractivity contribution is 7.21. The van der Waals surface area contributed by atoms with Gasteiger partial charge in [0.05, 0.1) is 43.2 Å². The normalized spacial score (nSPS) is 11.9. The maximum Gasteiger partial charge on any atom is 0.159 e. The minimum Gasteiger partial charge on any atom is -0.504 e. The van der Waals surface area contributed by atoms with Gasteiger partial charge in [-0.25, -0.2) is 0 Å². The fourth-order valence-corrected chi connectivity index (χ4v) is 7.71.